The van der Waals surface area contributed by atoms with E-state index < -0.39 is 0 Å². The first-order valence-corrected chi connectivity index (χ1v) is 7.57. The molecule has 0 fully saturated rings. The molecule has 0 bridgehead atoms. The van der Waals surface area contributed by atoms with Crippen molar-refractivity contribution < 1.29 is 4.74 Å². The van der Waals surface area contributed by atoms with Gasteiger partial charge < -0.3 is 4.74 Å². The highest BCUT2D eigenvalue weighted by Gasteiger charge is 2.21. The van der Waals surface area contributed by atoms with Crippen molar-refractivity contribution in [2.45, 2.75) is 6.61 Å². The molecule has 0 radical (unpaired) electrons. The van der Waals surface area contributed by atoms with Crippen molar-refractivity contribution in [3.63, 3.8) is 0 Å². The molecule has 0 saturated heterocycles. The summed E-state index contributed by atoms with van der Waals surface area (Å²) in [5.74, 6) is 0.988. The summed E-state index contributed by atoms with van der Waals surface area (Å²) in [4.78, 5) is 0. The normalized spacial score (nSPS) is 12.7. The fourth-order valence-corrected chi connectivity index (χ4v) is 3.52. The van der Waals surface area contributed by atoms with Crippen molar-refractivity contribution in [3.05, 3.63) is 78.4 Å². The molecular weight excluding hydrogens is 268 g/mol. The zero-order valence-corrected chi connectivity index (χ0v) is 12.0. The molecule has 1 heterocycles. The van der Waals surface area contributed by atoms with E-state index in [4.69, 9.17) is 4.74 Å². The predicted octanol–water partition coefficient (Wildman–Crippen LogP) is 5.55. The molecule has 0 saturated carbocycles. The van der Waals surface area contributed by atoms with Crippen LogP contribution in [0.25, 0.3) is 32.7 Å². The molecule has 1 aliphatic heterocycles. The molecule has 4 aromatic carbocycles. The Balaban J connectivity index is 2.00. The summed E-state index contributed by atoms with van der Waals surface area (Å²) in [5.41, 5.74) is 3.83. The van der Waals surface area contributed by atoms with Crippen molar-refractivity contribution >= 4 is 21.5 Å². The maximum atomic E-state index is 6.01. The molecule has 0 unspecified atom stereocenters. The Bertz CT molecular complexity index is 945. The van der Waals surface area contributed by atoms with Gasteiger partial charge in [-0.3, -0.25) is 0 Å². The predicted molar refractivity (Wildman–Crippen MR) is 91.2 cm³/mol. The van der Waals surface area contributed by atoms with Gasteiger partial charge in [0.05, 0.1) is 0 Å². The van der Waals surface area contributed by atoms with E-state index >= 15 is 0 Å². The third-order valence-corrected chi connectivity index (χ3v) is 4.54. The second kappa shape index (κ2) is 4.35. The summed E-state index contributed by atoms with van der Waals surface area (Å²) >= 11 is 0. The average Bonchev–Trinajstić information content (AvgIpc) is 2.60. The number of benzene rings is 4. The van der Waals surface area contributed by atoms with E-state index in [1.807, 2.05) is 0 Å². The molecule has 5 rings (SSSR count). The molecule has 0 aromatic heterocycles. The summed E-state index contributed by atoms with van der Waals surface area (Å²) in [6.07, 6.45) is 0. The Morgan fingerprint density at radius 2 is 1.23 bits per heavy atom. The Kier molecular flexibility index (Phi) is 2.33. The van der Waals surface area contributed by atoms with E-state index in [1.54, 1.807) is 0 Å². The smallest absolute Gasteiger partial charge is 0.128 e. The summed E-state index contributed by atoms with van der Waals surface area (Å²) < 4.78 is 6.01. The molecule has 1 aliphatic rings. The van der Waals surface area contributed by atoms with Crippen LogP contribution in [-0.4, -0.2) is 0 Å². The molecule has 0 spiro atoms. The molecule has 0 amide bonds. The van der Waals surface area contributed by atoms with Crippen LogP contribution in [0.2, 0.25) is 0 Å². The van der Waals surface area contributed by atoms with Crippen LogP contribution in [0.15, 0.2) is 72.8 Å². The fourth-order valence-electron chi connectivity index (χ4n) is 3.52. The van der Waals surface area contributed by atoms with Crippen LogP contribution in [0.5, 0.6) is 5.75 Å². The lowest BCUT2D eigenvalue weighted by atomic mass is 9.88. The van der Waals surface area contributed by atoms with Gasteiger partial charge in [-0.2, -0.15) is 0 Å². The maximum absolute atomic E-state index is 6.01. The summed E-state index contributed by atoms with van der Waals surface area (Å²) in [6.45, 7) is 0.644. The van der Waals surface area contributed by atoms with Gasteiger partial charge in [0.1, 0.15) is 12.4 Å². The van der Waals surface area contributed by atoms with Gasteiger partial charge in [-0.05, 0) is 33.2 Å². The van der Waals surface area contributed by atoms with Crippen molar-refractivity contribution in [2.75, 3.05) is 0 Å². The molecule has 22 heavy (non-hydrogen) atoms. The van der Waals surface area contributed by atoms with Gasteiger partial charge in [0.15, 0.2) is 0 Å². The molecule has 0 N–H and O–H groups in total. The molecule has 0 atom stereocenters. The van der Waals surface area contributed by atoms with Crippen molar-refractivity contribution in [1.82, 2.24) is 0 Å². The fraction of sp³-hybridized carbons (Fsp3) is 0.0476. The standard InChI is InChI=1S/C21H14O/c1-3-7-17-14(5-1)9-10-16-13-22-19-12-11-15-6-2-4-8-18(15)21(19)20(16)17/h1-12H,13H2. The molecular formula is C21H14O. The molecule has 4 aromatic rings. The van der Waals surface area contributed by atoms with Crippen molar-refractivity contribution in [1.29, 1.82) is 0 Å². The van der Waals surface area contributed by atoms with Gasteiger partial charge in [-0.25, -0.2) is 0 Å². The van der Waals surface area contributed by atoms with E-state index in [9.17, 15) is 0 Å². The van der Waals surface area contributed by atoms with Gasteiger partial charge in [-0.1, -0.05) is 66.7 Å². The number of rotatable bonds is 0. The molecule has 1 nitrogen and oxygen atoms in total. The summed E-state index contributed by atoms with van der Waals surface area (Å²) in [6, 6.07) is 25.8. The Morgan fingerprint density at radius 3 is 2.00 bits per heavy atom. The van der Waals surface area contributed by atoms with E-state index in [2.05, 4.69) is 72.8 Å². The van der Waals surface area contributed by atoms with E-state index in [0.717, 1.165) is 5.75 Å². The lowest BCUT2D eigenvalue weighted by Gasteiger charge is -2.24. The van der Waals surface area contributed by atoms with Crippen LogP contribution in [0.3, 0.4) is 0 Å². The van der Waals surface area contributed by atoms with Gasteiger partial charge in [-0.15, -0.1) is 0 Å². The van der Waals surface area contributed by atoms with Crippen LogP contribution in [0.1, 0.15) is 5.56 Å². The zero-order chi connectivity index (χ0) is 14.5. The van der Waals surface area contributed by atoms with Crippen LogP contribution in [0, 0.1) is 0 Å². The Hall–Kier alpha value is -2.80. The van der Waals surface area contributed by atoms with E-state index in [1.165, 1.54) is 38.2 Å². The molecule has 1 heteroatoms. The van der Waals surface area contributed by atoms with Crippen molar-refractivity contribution in [2.24, 2.45) is 0 Å². The van der Waals surface area contributed by atoms with Gasteiger partial charge >= 0.3 is 0 Å². The summed E-state index contributed by atoms with van der Waals surface area (Å²) in [5, 5.41) is 5.10. The number of hydrogen-bond donors (Lipinski definition) is 0. The van der Waals surface area contributed by atoms with E-state index in [-0.39, 0.29) is 0 Å². The first-order chi connectivity index (χ1) is 10.9. The SMILES string of the molecule is c1ccc2c3c(ccc2c1)COc1ccc2ccccc2c1-3. The highest BCUT2D eigenvalue weighted by atomic mass is 16.5. The van der Waals surface area contributed by atoms with Crippen LogP contribution in [-0.2, 0) is 6.61 Å². The van der Waals surface area contributed by atoms with Crippen molar-refractivity contribution in [3.8, 4) is 16.9 Å². The highest BCUT2D eigenvalue weighted by molar-refractivity contribution is 6.09. The zero-order valence-electron chi connectivity index (χ0n) is 12.0. The lowest BCUT2D eigenvalue weighted by molar-refractivity contribution is 0.303. The maximum Gasteiger partial charge on any atom is 0.128 e. The number of fused-ring (bicyclic) bond motifs is 7. The van der Waals surface area contributed by atoms with Crippen LogP contribution in [0.4, 0.5) is 0 Å². The molecule has 0 aliphatic carbocycles. The topological polar surface area (TPSA) is 9.23 Å². The first kappa shape index (κ1) is 11.8. The quantitative estimate of drug-likeness (QED) is 0.410. The third kappa shape index (κ3) is 1.54. The van der Waals surface area contributed by atoms with Gasteiger partial charge in [0.25, 0.3) is 0 Å². The summed E-state index contributed by atoms with van der Waals surface area (Å²) in [7, 11) is 0. The minimum absolute atomic E-state index is 0.644. The average molecular weight is 282 g/mol. The largest absolute Gasteiger partial charge is 0.488 e. The minimum atomic E-state index is 0.644. The number of hydrogen-bond acceptors (Lipinski definition) is 1. The lowest BCUT2D eigenvalue weighted by Crippen LogP contribution is -2.06. The number of ether oxygens (including phenoxy) is 1. The van der Waals surface area contributed by atoms with Gasteiger partial charge in [0, 0.05) is 11.1 Å². The minimum Gasteiger partial charge on any atom is -0.488 e. The second-order valence-corrected chi connectivity index (χ2v) is 5.77. The van der Waals surface area contributed by atoms with Gasteiger partial charge in [0.2, 0.25) is 0 Å². The van der Waals surface area contributed by atoms with Crippen LogP contribution >= 0.6 is 0 Å². The third-order valence-electron chi connectivity index (χ3n) is 4.54. The highest BCUT2D eigenvalue weighted by Crippen LogP contribution is 2.45. The first-order valence-electron chi connectivity index (χ1n) is 7.57. The Morgan fingerprint density at radius 1 is 0.591 bits per heavy atom. The monoisotopic (exact) mass is 282 g/mol. The Labute approximate surface area is 128 Å². The van der Waals surface area contributed by atoms with Crippen LogP contribution < -0.4 is 4.74 Å². The molecule has 104 valence electrons. The second-order valence-electron chi connectivity index (χ2n) is 5.77. The van der Waals surface area contributed by atoms with E-state index in [0.29, 0.717) is 6.61 Å².